The lowest BCUT2D eigenvalue weighted by atomic mass is 10.2. The summed E-state index contributed by atoms with van der Waals surface area (Å²) in [6.45, 7) is 4.91. The summed E-state index contributed by atoms with van der Waals surface area (Å²) in [5, 5.41) is 11.8. The molecule has 3 aromatic rings. The molecule has 8 nitrogen and oxygen atoms in total. The number of nitrogens with one attached hydrogen (secondary N) is 1. The predicted octanol–water partition coefficient (Wildman–Crippen LogP) is 4.35. The van der Waals surface area contributed by atoms with E-state index in [-0.39, 0.29) is 16.4 Å². The van der Waals surface area contributed by atoms with Crippen LogP contribution in [-0.4, -0.2) is 44.2 Å². The molecule has 0 saturated heterocycles. The Bertz CT molecular complexity index is 1100. The van der Waals surface area contributed by atoms with Crippen LogP contribution in [0.3, 0.4) is 0 Å². The van der Waals surface area contributed by atoms with E-state index in [9.17, 15) is 16.8 Å². The first-order valence-corrected chi connectivity index (χ1v) is 13.3. The molecule has 0 atom stereocenters. The van der Waals surface area contributed by atoms with Crippen molar-refractivity contribution in [2.45, 2.75) is 36.5 Å². The molecular weight excluding hydrogens is 478 g/mol. The van der Waals surface area contributed by atoms with Crippen LogP contribution in [0, 0.1) is 13.8 Å². The van der Waals surface area contributed by atoms with Crippen molar-refractivity contribution >= 4 is 25.9 Å². The maximum atomic E-state index is 10.5. The number of aryl methyl sites for hydroxylation is 2. The largest absolute Gasteiger partial charge is 0.396 e. The molecule has 0 aliphatic heterocycles. The fourth-order valence-electron chi connectivity index (χ4n) is 2.45. The summed E-state index contributed by atoms with van der Waals surface area (Å²) in [5.74, 6) is 0. The number of anilines is 1. The molecule has 186 valence electrons. The van der Waals surface area contributed by atoms with E-state index in [1.807, 2.05) is 44.2 Å². The van der Waals surface area contributed by atoms with Crippen molar-refractivity contribution in [2.75, 3.05) is 18.5 Å². The Morgan fingerprint density at radius 3 is 1.41 bits per heavy atom. The minimum atomic E-state index is -4.02. The van der Waals surface area contributed by atoms with E-state index in [0.717, 1.165) is 36.2 Å². The third-order valence-electron chi connectivity index (χ3n) is 4.33. The lowest BCUT2D eigenvalue weighted by Gasteiger charge is -2.04. The van der Waals surface area contributed by atoms with Crippen molar-refractivity contribution in [2.24, 2.45) is 0 Å². The molecule has 3 aromatic carbocycles. The van der Waals surface area contributed by atoms with Crippen molar-refractivity contribution in [3.05, 3.63) is 90.0 Å². The Morgan fingerprint density at radius 1 is 0.647 bits per heavy atom. The van der Waals surface area contributed by atoms with Gasteiger partial charge in [-0.3, -0.25) is 9.11 Å². The molecule has 0 aliphatic carbocycles. The summed E-state index contributed by atoms with van der Waals surface area (Å²) in [6, 6.07) is 22.1. The highest BCUT2D eigenvalue weighted by molar-refractivity contribution is 7.86. The summed E-state index contributed by atoms with van der Waals surface area (Å²) in [4.78, 5) is -0.133. The van der Waals surface area contributed by atoms with Crippen LogP contribution in [0.2, 0.25) is 0 Å². The number of aliphatic hydroxyl groups is 1. The van der Waals surface area contributed by atoms with Crippen LogP contribution in [0.4, 0.5) is 5.69 Å². The molecule has 0 unspecified atom stereocenters. The van der Waals surface area contributed by atoms with E-state index >= 15 is 0 Å². The van der Waals surface area contributed by atoms with Gasteiger partial charge in [0.1, 0.15) is 0 Å². The molecule has 0 heterocycles. The Hall–Kier alpha value is -2.76. The summed E-state index contributed by atoms with van der Waals surface area (Å²) >= 11 is 0. The SMILES string of the molecule is Cc1ccc(S(=O)(=O)O)cc1.Cc1ccc(S(=O)(=O)O)cc1.OCCCCNc1ccccc1. The maximum Gasteiger partial charge on any atom is 0.294 e. The minimum Gasteiger partial charge on any atom is -0.396 e. The number of aliphatic hydroxyl groups excluding tert-OH is 1. The van der Waals surface area contributed by atoms with E-state index in [0.29, 0.717) is 0 Å². The number of hydrogen-bond acceptors (Lipinski definition) is 6. The molecule has 3 rings (SSSR count). The van der Waals surface area contributed by atoms with Crippen molar-refractivity contribution in [1.82, 2.24) is 0 Å². The van der Waals surface area contributed by atoms with Gasteiger partial charge in [-0.25, -0.2) is 0 Å². The van der Waals surface area contributed by atoms with E-state index in [1.165, 1.54) is 24.3 Å². The predicted molar refractivity (Wildman–Crippen MR) is 133 cm³/mol. The van der Waals surface area contributed by atoms with Gasteiger partial charge in [-0.1, -0.05) is 53.6 Å². The third-order valence-corrected chi connectivity index (χ3v) is 6.06. The van der Waals surface area contributed by atoms with E-state index in [2.05, 4.69) is 5.32 Å². The molecule has 0 amide bonds. The molecular formula is C24H31NO7S2. The first-order chi connectivity index (χ1) is 15.9. The van der Waals surface area contributed by atoms with Crippen LogP contribution < -0.4 is 5.32 Å². The van der Waals surface area contributed by atoms with Gasteiger partial charge in [0.2, 0.25) is 0 Å². The molecule has 0 radical (unpaired) electrons. The Kier molecular flexibility index (Phi) is 12.5. The van der Waals surface area contributed by atoms with Gasteiger partial charge in [-0.2, -0.15) is 16.8 Å². The van der Waals surface area contributed by atoms with Crippen LogP contribution in [0.25, 0.3) is 0 Å². The van der Waals surface area contributed by atoms with Crippen LogP contribution >= 0.6 is 0 Å². The summed E-state index contributed by atoms with van der Waals surface area (Å²) < 4.78 is 59.1. The molecule has 0 fully saturated rings. The summed E-state index contributed by atoms with van der Waals surface area (Å²) in [6.07, 6.45) is 1.89. The zero-order valence-corrected chi connectivity index (χ0v) is 20.8. The van der Waals surface area contributed by atoms with Crippen LogP contribution in [0.5, 0.6) is 0 Å². The van der Waals surface area contributed by atoms with Gasteiger partial charge in [-0.05, 0) is 63.1 Å². The van der Waals surface area contributed by atoms with Crippen molar-refractivity contribution < 1.29 is 31.0 Å². The molecule has 34 heavy (non-hydrogen) atoms. The molecule has 0 saturated carbocycles. The second kappa shape index (κ2) is 14.5. The van der Waals surface area contributed by atoms with Crippen molar-refractivity contribution in [3.63, 3.8) is 0 Å². The molecule has 10 heteroatoms. The van der Waals surface area contributed by atoms with Gasteiger partial charge in [0.05, 0.1) is 9.79 Å². The standard InChI is InChI=1S/C10H15NO.2C7H8O3S/c12-9-5-4-8-11-10-6-2-1-3-7-10;2*1-6-2-4-7(5-3-6)11(8,9)10/h1-3,6-7,11-12H,4-5,8-9H2;2*2-5H,1H3,(H,8,9,10). The molecule has 0 aromatic heterocycles. The molecule has 4 N–H and O–H groups in total. The van der Waals surface area contributed by atoms with E-state index in [1.54, 1.807) is 24.3 Å². The Balaban J connectivity index is 0.000000255. The fourth-order valence-corrected chi connectivity index (χ4v) is 3.41. The van der Waals surface area contributed by atoms with Gasteiger partial charge in [0, 0.05) is 18.8 Å². The second-order valence-electron chi connectivity index (χ2n) is 7.30. The minimum absolute atomic E-state index is 0.0666. The highest BCUT2D eigenvalue weighted by Crippen LogP contribution is 2.09. The van der Waals surface area contributed by atoms with Crippen molar-refractivity contribution in [1.29, 1.82) is 0 Å². The van der Waals surface area contributed by atoms with Gasteiger partial charge < -0.3 is 10.4 Å². The third kappa shape index (κ3) is 12.5. The summed E-state index contributed by atoms with van der Waals surface area (Å²) in [7, 11) is -8.04. The smallest absolute Gasteiger partial charge is 0.294 e. The van der Waals surface area contributed by atoms with Crippen LogP contribution in [0.1, 0.15) is 24.0 Å². The number of rotatable bonds is 7. The molecule has 0 spiro atoms. The zero-order valence-electron chi connectivity index (χ0n) is 19.1. The first-order valence-electron chi connectivity index (χ1n) is 10.4. The number of para-hydroxylation sites is 1. The second-order valence-corrected chi connectivity index (χ2v) is 10.1. The van der Waals surface area contributed by atoms with Gasteiger partial charge in [-0.15, -0.1) is 0 Å². The van der Waals surface area contributed by atoms with Gasteiger partial charge in [0.15, 0.2) is 0 Å². The number of unbranched alkanes of at least 4 members (excludes halogenated alkanes) is 1. The van der Waals surface area contributed by atoms with Gasteiger partial charge in [0.25, 0.3) is 20.2 Å². The molecule has 0 bridgehead atoms. The summed E-state index contributed by atoms with van der Waals surface area (Å²) in [5.41, 5.74) is 3.06. The fraction of sp³-hybridized carbons (Fsp3) is 0.250. The average Bonchev–Trinajstić information content (AvgIpc) is 2.78. The highest BCUT2D eigenvalue weighted by Gasteiger charge is 2.07. The maximum absolute atomic E-state index is 10.5. The Labute approximate surface area is 201 Å². The number of benzene rings is 3. The highest BCUT2D eigenvalue weighted by atomic mass is 32.2. The van der Waals surface area contributed by atoms with E-state index < -0.39 is 20.2 Å². The van der Waals surface area contributed by atoms with E-state index in [4.69, 9.17) is 14.2 Å². The monoisotopic (exact) mass is 509 g/mol. The molecule has 0 aliphatic rings. The quantitative estimate of drug-likeness (QED) is 0.272. The topological polar surface area (TPSA) is 141 Å². The average molecular weight is 510 g/mol. The first kappa shape index (κ1) is 29.3. The van der Waals surface area contributed by atoms with Crippen molar-refractivity contribution in [3.8, 4) is 0 Å². The van der Waals surface area contributed by atoms with Gasteiger partial charge >= 0.3 is 0 Å². The van der Waals surface area contributed by atoms with Crippen LogP contribution in [0.15, 0.2) is 88.7 Å². The Morgan fingerprint density at radius 2 is 1.06 bits per heavy atom. The van der Waals surface area contributed by atoms with Crippen LogP contribution in [-0.2, 0) is 20.2 Å². The lowest BCUT2D eigenvalue weighted by Crippen LogP contribution is -2.01. The zero-order chi connectivity index (χ0) is 25.6. The number of hydrogen-bond donors (Lipinski definition) is 4. The normalized spacial score (nSPS) is 10.9. The lowest BCUT2D eigenvalue weighted by molar-refractivity contribution is 0.286.